The van der Waals surface area contributed by atoms with Crippen molar-refractivity contribution >= 4 is 29.5 Å². The van der Waals surface area contributed by atoms with Crippen LogP contribution in [-0.4, -0.2) is 70.7 Å². The van der Waals surface area contributed by atoms with Crippen LogP contribution in [0.3, 0.4) is 0 Å². The fourth-order valence-corrected chi connectivity index (χ4v) is 8.97. The van der Waals surface area contributed by atoms with Crippen molar-refractivity contribution in [1.82, 2.24) is 15.1 Å². The number of hydrogen-bond acceptors (Lipinski definition) is 4. The lowest BCUT2D eigenvalue weighted by atomic mass is 9.49. The number of benzene rings is 1. The Balaban J connectivity index is 1.02. The monoisotopic (exact) mass is 499 g/mol. The summed E-state index contributed by atoms with van der Waals surface area (Å²) in [5.74, 6) is 2.45. The van der Waals surface area contributed by atoms with E-state index in [0.29, 0.717) is 49.8 Å². The van der Waals surface area contributed by atoms with Gasteiger partial charge in [0.2, 0.25) is 17.7 Å². The van der Waals surface area contributed by atoms with E-state index in [9.17, 15) is 18.8 Å². The van der Waals surface area contributed by atoms with Gasteiger partial charge in [-0.15, -0.1) is 11.8 Å². The van der Waals surface area contributed by atoms with Crippen LogP contribution in [0, 0.1) is 29.0 Å². The Kier molecular flexibility index (Phi) is 6.06. The Morgan fingerprint density at radius 3 is 2.17 bits per heavy atom. The Morgan fingerprint density at radius 1 is 0.971 bits per heavy atom. The molecule has 0 spiro atoms. The fourth-order valence-electron chi connectivity index (χ4n) is 7.80. The highest BCUT2D eigenvalue weighted by Crippen LogP contribution is 2.60. The predicted octanol–water partition coefficient (Wildman–Crippen LogP) is 2.86. The van der Waals surface area contributed by atoms with Gasteiger partial charge in [-0.1, -0.05) is 18.2 Å². The van der Waals surface area contributed by atoms with Crippen molar-refractivity contribution in [3.05, 3.63) is 35.6 Å². The number of nitrogens with one attached hydrogen (secondary N) is 1. The molecule has 2 aliphatic heterocycles. The molecule has 0 radical (unpaired) electrons. The maximum atomic E-state index is 14.0. The number of piperazine rings is 1. The van der Waals surface area contributed by atoms with Crippen LogP contribution in [0.1, 0.15) is 44.1 Å². The summed E-state index contributed by atoms with van der Waals surface area (Å²) in [6.45, 7) is 2.20. The van der Waals surface area contributed by atoms with Gasteiger partial charge < -0.3 is 15.1 Å². The third-order valence-corrected chi connectivity index (χ3v) is 10.4. The smallest absolute Gasteiger partial charge is 0.246 e. The summed E-state index contributed by atoms with van der Waals surface area (Å²) < 4.78 is 14.0. The first-order valence-electron chi connectivity index (χ1n) is 13.1. The van der Waals surface area contributed by atoms with Gasteiger partial charge in [0.15, 0.2) is 0 Å². The van der Waals surface area contributed by atoms with Crippen LogP contribution in [0.15, 0.2) is 24.3 Å². The molecule has 2 saturated heterocycles. The number of hydrogen-bond donors (Lipinski definition) is 1. The van der Waals surface area contributed by atoms with Crippen LogP contribution in [0.25, 0.3) is 0 Å². The number of amides is 3. The number of carbonyl (C=O) groups excluding carboxylic acids is 3. The topological polar surface area (TPSA) is 69.7 Å². The van der Waals surface area contributed by atoms with E-state index in [2.05, 4.69) is 5.32 Å². The maximum Gasteiger partial charge on any atom is 0.246 e. The third kappa shape index (κ3) is 4.36. The highest BCUT2D eigenvalue weighted by atomic mass is 32.2. The maximum absolute atomic E-state index is 14.0. The van der Waals surface area contributed by atoms with Crippen molar-refractivity contribution in [2.75, 3.05) is 31.9 Å². The summed E-state index contributed by atoms with van der Waals surface area (Å²) in [6, 6.07) is 5.95. The molecule has 2 heterocycles. The zero-order valence-corrected chi connectivity index (χ0v) is 20.9. The highest BCUT2D eigenvalue weighted by molar-refractivity contribution is 8.00. The van der Waals surface area contributed by atoms with Gasteiger partial charge in [0, 0.05) is 31.9 Å². The van der Waals surface area contributed by atoms with Crippen molar-refractivity contribution in [3.63, 3.8) is 0 Å². The average Bonchev–Trinajstić information content (AvgIpc) is 2.85. The van der Waals surface area contributed by atoms with Crippen molar-refractivity contribution in [3.8, 4) is 0 Å². The van der Waals surface area contributed by atoms with Gasteiger partial charge in [-0.2, -0.15) is 0 Å². The van der Waals surface area contributed by atoms with Crippen LogP contribution in [0.4, 0.5) is 4.39 Å². The standard InChI is InChI=1S/C27H34FN3O3S/c28-21-4-2-1-3-20(21)12-23-24(32)29-22(16-35-23)25(33)30-5-7-31(8-6-30)26(34)27-13-17-9-18(14-27)11-19(10-17)15-27/h1-4,17-19,22-23H,5-16H2,(H,29,32). The molecule has 4 bridgehead atoms. The molecule has 4 aliphatic carbocycles. The zero-order chi connectivity index (χ0) is 24.2. The van der Waals surface area contributed by atoms with Crippen LogP contribution in [0.2, 0.25) is 0 Å². The second kappa shape index (κ2) is 9.09. The van der Waals surface area contributed by atoms with E-state index in [4.69, 9.17) is 0 Å². The molecule has 8 heteroatoms. The van der Waals surface area contributed by atoms with E-state index in [1.165, 1.54) is 37.1 Å². The first kappa shape index (κ1) is 23.3. The number of carbonyl (C=O) groups is 3. The molecular formula is C27H34FN3O3S. The summed E-state index contributed by atoms with van der Waals surface area (Å²) in [7, 11) is 0. The number of thioether (sulfide) groups is 1. The molecule has 1 aromatic carbocycles. The Hall–Kier alpha value is -2.09. The lowest BCUT2D eigenvalue weighted by Crippen LogP contribution is -2.61. The van der Waals surface area contributed by atoms with Crippen molar-refractivity contribution in [2.24, 2.45) is 23.2 Å². The molecule has 4 saturated carbocycles. The van der Waals surface area contributed by atoms with Crippen molar-refractivity contribution < 1.29 is 18.8 Å². The van der Waals surface area contributed by atoms with Gasteiger partial charge in [-0.3, -0.25) is 14.4 Å². The normalized spacial score (nSPS) is 36.3. The van der Waals surface area contributed by atoms with E-state index >= 15 is 0 Å². The van der Waals surface area contributed by atoms with Gasteiger partial charge in [0.25, 0.3) is 0 Å². The molecule has 1 N–H and O–H groups in total. The molecule has 6 fully saturated rings. The van der Waals surface area contributed by atoms with Crippen molar-refractivity contribution in [1.29, 1.82) is 0 Å². The summed E-state index contributed by atoms with van der Waals surface area (Å²) in [5, 5.41) is 2.47. The van der Waals surface area contributed by atoms with Crippen LogP contribution in [0.5, 0.6) is 0 Å². The Morgan fingerprint density at radius 2 is 1.57 bits per heavy atom. The van der Waals surface area contributed by atoms with Gasteiger partial charge in [-0.25, -0.2) is 4.39 Å². The molecule has 2 unspecified atom stereocenters. The SMILES string of the molecule is O=C1NC(C(=O)N2CCN(C(=O)C34CC5CC(CC(C5)C3)C4)CC2)CSC1Cc1ccccc1F. The molecule has 1 aromatic rings. The minimum atomic E-state index is -0.560. The second-order valence-electron chi connectivity index (χ2n) is 11.5. The van der Waals surface area contributed by atoms with E-state index < -0.39 is 11.3 Å². The second-order valence-corrected chi connectivity index (χ2v) is 12.7. The highest BCUT2D eigenvalue weighted by Gasteiger charge is 2.55. The summed E-state index contributed by atoms with van der Waals surface area (Å²) >= 11 is 1.42. The Bertz CT molecular complexity index is 989. The molecular weight excluding hydrogens is 465 g/mol. The minimum Gasteiger partial charge on any atom is -0.343 e. The molecule has 6 nitrogen and oxygen atoms in total. The first-order valence-corrected chi connectivity index (χ1v) is 14.2. The van der Waals surface area contributed by atoms with Crippen LogP contribution >= 0.6 is 11.8 Å². The molecule has 188 valence electrons. The van der Waals surface area contributed by atoms with Crippen LogP contribution < -0.4 is 5.32 Å². The molecule has 7 rings (SSSR count). The lowest BCUT2D eigenvalue weighted by molar-refractivity contribution is -0.160. The van der Waals surface area contributed by atoms with Crippen LogP contribution in [-0.2, 0) is 20.8 Å². The Labute approximate surface area is 210 Å². The predicted molar refractivity (Wildman–Crippen MR) is 132 cm³/mol. The third-order valence-electron chi connectivity index (χ3n) is 9.10. The molecule has 35 heavy (non-hydrogen) atoms. The van der Waals surface area contributed by atoms with E-state index in [-0.39, 0.29) is 23.0 Å². The van der Waals surface area contributed by atoms with Gasteiger partial charge in [0.1, 0.15) is 11.9 Å². The quantitative estimate of drug-likeness (QED) is 0.692. The molecule has 0 aromatic heterocycles. The lowest BCUT2D eigenvalue weighted by Gasteiger charge is -2.57. The summed E-state index contributed by atoms with van der Waals surface area (Å²) in [6.07, 6.45) is 7.47. The molecule has 3 amide bonds. The molecule has 6 aliphatic rings. The first-order chi connectivity index (χ1) is 16.9. The summed E-state index contributed by atoms with van der Waals surface area (Å²) in [4.78, 5) is 43.3. The van der Waals surface area contributed by atoms with Gasteiger partial charge in [-0.05, 0) is 74.3 Å². The summed E-state index contributed by atoms with van der Waals surface area (Å²) in [5.41, 5.74) is 0.382. The van der Waals surface area contributed by atoms with E-state index in [1.807, 2.05) is 4.90 Å². The number of rotatable bonds is 4. The molecule has 2 atom stereocenters. The zero-order valence-electron chi connectivity index (χ0n) is 20.1. The largest absolute Gasteiger partial charge is 0.343 e. The fraction of sp³-hybridized carbons (Fsp3) is 0.667. The van der Waals surface area contributed by atoms with E-state index in [0.717, 1.165) is 37.0 Å². The van der Waals surface area contributed by atoms with E-state index in [1.54, 1.807) is 23.1 Å². The number of halogens is 1. The number of nitrogens with zero attached hydrogens (tertiary/aromatic N) is 2. The minimum absolute atomic E-state index is 0.0721. The van der Waals surface area contributed by atoms with Crippen molar-refractivity contribution in [2.45, 2.75) is 56.2 Å². The van der Waals surface area contributed by atoms with Gasteiger partial charge >= 0.3 is 0 Å². The average molecular weight is 500 g/mol. The van der Waals surface area contributed by atoms with Gasteiger partial charge in [0.05, 0.1) is 10.7 Å².